The minimum atomic E-state index is -0.501. The molecule has 0 spiro atoms. The molecule has 0 fully saturated rings. The van der Waals surface area contributed by atoms with Crippen molar-refractivity contribution in [1.82, 2.24) is 9.97 Å². The zero-order chi connectivity index (χ0) is 14.8. The topological polar surface area (TPSA) is 78.2 Å². The molecule has 106 valence electrons. The quantitative estimate of drug-likeness (QED) is 0.758. The van der Waals surface area contributed by atoms with Gasteiger partial charge in [0.05, 0.1) is 11.0 Å². The van der Waals surface area contributed by atoms with Gasteiger partial charge in [0.25, 0.3) is 0 Å². The predicted molar refractivity (Wildman–Crippen MR) is 79.8 cm³/mol. The Kier molecular flexibility index (Phi) is 3.19. The summed E-state index contributed by atoms with van der Waals surface area (Å²) < 4.78 is 5.26. The molecule has 0 atom stereocenters. The smallest absolute Gasteiger partial charge is 0.410 e. The van der Waals surface area contributed by atoms with Crippen molar-refractivity contribution in [3.05, 3.63) is 59.0 Å². The number of para-hydroxylation sites is 1. The molecule has 0 aliphatic carbocycles. The number of fused-ring (bicyclic) bond motifs is 1. The molecule has 0 unspecified atom stereocenters. The third-order valence-corrected chi connectivity index (χ3v) is 3.11. The number of carbonyl (C=O) groups is 1. The van der Waals surface area contributed by atoms with E-state index in [0.29, 0.717) is 22.5 Å². The molecule has 6 nitrogen and oxygen atoms in total. The number of anilines is 1. The first-order valence-electron chi connectivity index (χ1n) is 6.36. The highest BCUT2D eigenvalue weighted by molar-refractivity contribution is 5.91. The molecule has 1 amide bonds. The first-order valence-corrected chi connectivity index (χ1v) is 6.36. The number of imidazole rings is 1. The second-order valence-corrected chi connectivity index (χ2v) is 4.55. The van der Waals surface area contributed by atoms with E-state index in [1.165, 1.54) is 4.90 Å². The predicted octanol–water partition coefficient (Wildman–Crippen LogP) is 2.49. The molecule has 21 heavy (non-hydrogen) atoms. The van der Waals surface area contributed by atoms with E-state index in [4.69, 9.17) is 4.74 Å². The first-order chi connectivity index (χ1) is 10.1. The Morgan fingerprint density at radius 3 is 2.52 bits per heavy atom. The maximum atomic E-state index is 12.1. The fourth-order valence-corrected chi connectivity index (χ4v) is 1.99. The molecule has 1 aromatic heterocycles. The summed E-state index contributed by atoms with van der Waals surface area (Å²) in [5, 5.41) is 0. The number of H-pyrrole nitrogens is 2. The number of aromatic nitrogens is 2. The largest absolute Gasteiger partial charge is 0.419 e. The van der Waals surface area contributed by atoms with Crippen LogP contribution in [0.5, 0.6) is 5.75 Å². The number of carbonyl (C=O) groups excluding carboxylic acids is 1. The third-order valence-electron chi connectivity index (χ3n) is 3.11. The Morgan fingerprint density at radius 1 is 1.05 bits per heavy atom. The van der Waals surface area contributed by atoms with Crippen molar-refractivity contribution >= 4 is 22.8 Å². The molecule has 6 heteroatoms. The van der Waals surface area contributed by atoms with Crippen LogP contribution in [-0.2, 0) is 0 Å². The molecule has 0 saturated heterocycles. The lowest BCUT2D eigenvalue weighted by molar-refractivity contribution is 0.209. The van der Waals surface area contributed by atoms with Crippen LogP contribution in [-0.4, -0.2) is 23.1 Å². The van der Waals surface area contributed by atoms with Crippen molar-refractivity contribution in [3.63, 3.8) is 0 Å². The average molecular weight is 283 g/mol. The summed E-state index contributed by atoms with van der Waals surface area (Å²) >= 11 is 0. The Morgan fingerprint density at radius 2 is 1.76 bits per heavy atom. The van der Waals surface area contributed by atoms with E-state index in [1.807, 2.05) is 6.07 Å². The SMILES string of the molecule is CN(C(=O)Oc1ccccc1)c1ccc2[nH]c(=O)[nH]c2c1. The minimum Gasteiger partial charge on any atom is -0.410 e. The Labute approximate surface area is 120 Å². The van der Waals surface area contributed by atoms with Gasteiger partial charge in [-0.15, -0.1) is 0 Å². The van der Waals surface area contributed by atoms with Crippen molar-refractivity contribution in [2.75, 3.05) is 11.9 Å². The van der Waals surface area contributed by atoms with Crippen LogP contribution >= 0.6 is 0 Å². The van der Waals surface area contributed by atoms with Gasteiger partial charge in [-0.25, -0.2) is 9.59 Å². The zero-order valence-electron chi connectivity index (χ0n) is 11.3. The number of amides is 1. The van der Waals surface area contributed by atoms with Gasteiger partial charge in [0.15, 0.2) is 0 Å². The molecule has 3 aromatic rings. The average Bonchev–Trinajstić information content (AvgIpc) is 2.86. The number of ether oxygens (including phenoxy) is 1. The van der Waals surface area contributed by atoms with Crippen molar-refractivity contribution in [2.24, 2.45) is 0 Å². The van der Waals surface area contributed by atoms with Crippen LogP contribution in [0.25, 0.3) is 11.0 Å². The number of hydrogen-bond acceptors (Lipinski definition) is 3. The molecule has 0 aliphatic rings. The van der Waals surface area contributed by atoms with Crippen molar-refractivity contribution in [3.8, 4) is 5.75 Å². The molecule has 1 heterocycles. The lowest BCUT2D eigenvalue weighted by atomic mass is 10.2. The highest BCUT2D eigenvalue weighted by Gasteiger charge is 2.14. The number of nitrogens with one attached hydrogen (secondary N) is 2. The maximum Gasteiger partial charge on any atom is 0.419 e. The summed E-state index contributed by atoms with van der Waals surface area (Å²) in [6.45, 7) is 0. The molecule has 0 radical (unpaired) electrons. The standard InChI is InChI=1S/C15H13N3O3/c1-18(15(20)21-11-5-3-2-4-6-11)10-7-8-12-13(9-10)17-14(19)16-12/h2-9H,1H3,(H2,16,17,19). The molecule has 2 N–H and O–H groups in total. The summed E-state index contributed by atoms with van der Waals surface area (Å²) in [6.07, 6.45) is -0.501. The summed E-state index contributed by atoms with van der Waals surface area (Å²) in [5.41, 5.74) is 1.67. The molecule has 3 rings (SSSR count). The first kappa shape index (κ1) is 13.0. The molecular weight excluding hydrogens is 270 g/mol. The molecule has 0 bridgehead atoms. The third kappa shape index (κ3) is 2.64. The highest BCUT2D eigenvalue weighted by atomic mass is 16.6. The van der Waals surface area contributed by atoms with Gasteiger partial charge in [0.1, 0.15) is 5.75 Å². The second kappa shape index (κ2) is 5.16. The Hall–Kier alpha value is -3.02. The van der Waals surface area contributed by atoms with Crippen LogP contribution in [0.4, 0.5) is 10.5 Å². The zero-order valence-corrected chi connectivity index (χ0v) is 11.3. The molecule has 2 aromatic carbocycles. The lowest BCUT2D eigenvalue weighted by Crippen LogP contribution is -2.29. The Bertz CT molecular complexity index is 836. The van der Waals surface area contributed by atoms with E-state index < -0.39 is 6.09 Å². The van der Waals surface area contributed by atoms with Crippen LogP contribution < -0.4 is 15.3 Å². The summed E-state index contributed by atoms with van der Waals surface area (Å²) in [7, 11) is 1.61. The summed E-state index contributed by atoms with van der Waals surface area (Å²) in [6, 6.07) is 14.0. The van der Waals surface area contributed by atoms with E-state index in [1.54, 1.807) is 49.5 Å². The lowest BCUT2D eigenvalue weighted by Gasteiger charge is -2.16. The number of nitrogens with zero attached hydrogens (tertiary/aromatic N) is 1. The number of rotatable bonds is 2. The van der Waals surface area contributed by atoms with E-state index in [9.17, 15) is 9.59 Å². The van der Waals surface area contributed by atoms with Gasteiger partial charge in [-0.3, -0.25) is 4.90 Å². The number of benzene rings is 2. The highest BCUT2D eigenvalue weighted by Crippen LogP contribution is 2.19. The minimum absolute atomic E-state index is 0.281. The van der Waals surface area contributed by atoms with E-state index in [-0.39, 0.29) is 5.69 Å². The van der Waals surface area contributed by atoms with Gasteiger partial charge >= 0.3 is 11.8 Å². The van der Waals surface area contributed by atoms with E-state index >= 15 is 0 Å². The maximum absolute atomic E-state index is 12.1. The monoisotopic (exact) mass is 283 g/mol. The van der Waals surface area contributed by atoms with Gasteiger partial charge < -0.3 is 14.7 Å². The van der Waals surface area contributed by atoms with Gasteiger partial charge in [0, 0.05) is 12.7 Å². The van der Waals surface area contributed by atoms with Crippen molar-refractivity contribution in [2.45, 2.75) is 0 Å². The molecular formula is C15H13N3O3. The van der Waals surface area contributed by atoms with Gasteiger partial charge in [-0.05, 0) is 30.3 Å². The van der Waals surface area contributed by atoms with Crippen LogP contribution in [0.15, 0.2) is 53.3 Å². The second-order valence-electron chi connectivity index (χ2n) is 4.55. The fraction of sp³-hybridized carbons (Fsp3) is 0.0667. The van der Waals surface area contributed by atoms with E-state index in [0.717, 1.165) is 0 Å². The summed E-state index contributed by atoms with van der Waals surface area (Å²) in [4.78, 5) is 30.0. The van der Waals surface area contributed by atoms with Crippen LogP contribution in [0.2, 0.25) is 0 Å². The van der Waals surface area contributed by atoms with E-state index in [2.05, 4.69) is 9.97 Å². The Balaban J connectivity index is 1.83. The number of aromatic amines is 2. The number of hydrogen-bond donors (Lipinski definition) is 2. The van der Waals surface area contributed by atoms with Gasteiger partial charge in [-0.2, -0.15) is 0 Å². The normalized spacial score (nSPS) is 10.5. The van der Waals surface area contributed by atoms with Crippen LogP contribution in [0.3, 0.4) is 0 Å². The molecule has 0 saturated carbocycles. The van der Waals surface area contributed by atoms with Gasteiger partial charge in [-0.1, -0.05) is 18.2 Å². The van der Waals surface area contributed by atoms with Gasteiger partial charge in [0.2, 0.25) is 0 Å². The molecule has 0 aliphatic heterocycles. The van der Waals surface area contributed by atoms with Crippen molar-refractivity contribution in [1.29, 1.82) is 0 Å². The summed E-state index contributed by atoms with van der Waals surface area (Å²) in [5.74, 6) is 0.477. The van der Waals surface area contributed by atoms with Crippen molar-refractivity contribution < 1.29 is 9.53 Å². The van der Waals surface area contributed by atoms with Crippen LogP contribution in [0.1, 0.15) is 0 Å². The van der Waals surface area contributed by atoms with Crippen LogP contribution in [0, 0.1) is 0 Å². The fourth-order valence-electron chi connectivity index (χ4n) is 1.99.